The molecule has 4 rings (SSSR count). The van der Waals surface area contributed by atoms with Crippen molar-refractivity contribution in [2.45, 2.75) is 13.5 Å². The van der Waals surface area contributed by atoms with E-state index in [1.165, 1.54) is 10.9 Å². The molecule has 0 radical (unpaired) electrons. The van der Waals surface area contributed by atoms with E-state index in [0.717, 1.165) is 16.8 Å². The zero-order valence-electron chi connectivity index (χ0n) is 13.9. The Morgan fingerprint density at radius 3 is 2.68 bits per heavy atom. The molecule has 4 aromatic rings. The van der Waals surface area contributed by atoms with Crippen LogP contribution in [0.2, 0.25) is 0 Å². The maximum atomic E-state index is 12.6. The molecule has 8 nitrogen and oxygen atoms in total. The third kappa shape index (κ3) is 2.47. The summed E-state index contributed by atoms with van der Waals surface area (Å²) in [5, 5.41) is 12.9. The molecule has 0 atom stereocenters. The number of aryl methyl sites for hydroxylation is 1. The molecule has 1 aromatic carbocycles. The number of rotatable bonds is 4. The van der Waals surface area contributed by atoms with E-state index in [4.69, 9.17) is 4.74 Å². The first kappa shape index (κ1) is 15.4. The normalized spacial score (nSPS) is 11.4. The van der Waals surface area contributed by atoms with Crippen LogP contribution in [0.3, 0.4) is 0 Å². The number of fused-ring (bicyclic) bond motifs is 3. The fourth-order valence-electron chi connectivity index (χ4n) is 2.86. The Morgan fingerprint density at radius 2 is 1.92 bits per heavy atom. The molecule has 0 fully saturated rings. The van der Waals surface area contributed by atoms with Crippen molar-refractivity contribution in [3.05, 3.63) is 52.7 Å². The summed E-state index contributed by atoms with van der Waals surface area (Å²) < 4.78 is 8.05. The maximum Gasteiger partial charge on any atom is 0.283 e. The molecule has 3 aromatic heterocycles. The minimum absolute atomic E-state index is 0.188. The summed E-state index contributed by atoms with van der Waals surface area (Å²) in [5.74, 6) is 0. The van der Waals surface area contributed by atoms with Gasteiger partial charge in [-0.2, -0.15) is 9.61 Å². The summed E-state index contributed by atoms with van der Waals surface area (Å²) in [6.07, 6.45) is 1.49. The van der Waals surface area contributed by atoms with Crippen molar-refractivity contribution in [3.8, 4) is 11.1 Å². The molecular formula is C17H16N6O2. The summed E-state index contributed by atoms with van der Waals surface area (Å²) in [6, 6.07) is 9.85. The monoisotopic (exact) mass is 336 g/mol. The Bertz CT molecular complexity index is 1120. The van der Waals surface area contributed by atoms with Crippen LogP contribution in [0.4, 0.5) is 0 Å². The van der Waals surface area contributed by atoms with E-state index in [1.807, 2.05) is 37.3 Å². The standard InChI is InChI=1S/C17H16N6O2/c1-11-13(12-6-4-3-5-7-12)15-20-19-14-16(23(15)21-11)18-10-22(17(14)24)8-9-25-2/h3-7,10H,8-9H2,1-2H3. The van der Waals surface area contributed by atoms with Gasteiger partial charge in [0.1, 0.15) is 6.33 Å². The summed E-state index contributed by atoms with van der Waals surface area (Å²) in [4.78, 5) is 16.9. The molecule has 0 aliphatic heterocycles. The lowest BCUT2D eigenvalue weighted by Gasteiger charge is -2.05. The van der Waals surface area contributed by atoms with Crippen molar-refractivity contribution in [1.29, 1.82) is 0 Å². The Balaban J connectivity index is 1.97. The van der Waals surface area contributed by atoms with Gasteiger partial charge in [-0.05, 0) is 12.5 Å². The molecule has 0 aliphatic carbocycles. The molecule has 0 saturated heterocycles. The first-order valence-electron chi connectivity index (χ1n) is 7.86. The van der Waals surface area contributed by atoms with Gasteiger partial charge >= 0.3 is 0 Å². The van der Waals surface area contributed by atoms with Crippen LogP contribution in [-0.2, 0) is 11.3 Å². The Morgan fingerprint density at radius 1 is 1.12 bits per heavy atom. The van der Waals surface area contributed by atoms with E-state index < -0.39 is 0 Å². The Kier molecular flexibility index (Phi) is 3.73. The summed E-state index contributed by atoms with van der Waals surface area (Å²) in [7, 11) is 1.58. The van der Waals surface area contributed by atoms with Gasteiger partial charge in [0.2, 0.25) is 0 Å². The maximum absolute atomic E-state index is 12.6. The van der Waals surface area contributed by atoms with Crippen LogP contribution in [0, 0.1) is 6.92 Å². The van der Waals surface area contributed by atoms with Crippen LogP contribution in [0.1, 0.15) is 5.69 Å². The highest BCUT2D eigenvalue weighted by molar-refractivity contribution is 5.83. The second-order valence-corrected chi connectivity index (χ2v) is 5.67. The van der Waals surface area contributed by atoms with Crippen molar-refractivity contribution in [3.63, 3.8) is 0 Å². The highest BCUT2D eigenvalue weighted by Crippen LogP contribution is 2.27. The summed E-state index contributed by atoms with van der Waals surface area (Å²) >= 11 is 0. The molecule has 25 heavy (non-hydrogen) atoms. The van der Waals surface area contributed by atoms with Crippen molar-refractivity contribution in [2.24, 2.45) is 0 Å². The van der Waals surface area contributed by atoms with E-state index in [9.17, 15) is 4.79 Å². The molecular weight excluding hydrogens is 320 g/mol. The molecule has 0 saturated carbocycles. The average molecular weight is 336 g/mol. The largest absolute Gasteiger partial charge is 0.383 e. The van der Waals surface area contributed by atoms with E-state index in [1.54, 1.807) is 11.6 Å². The first-order chi connectivity index (χ1) is 12.2. The number of methoxy groups -OCH3 is 1. The van der Waals surface area contributed by atoms with Gasteiger partial charge in [0.05, 0.1) is 24.4 Å². The highest BCUT2D eigenvalue weighted by Gasteiger charge is 2.17. The number of ether oxygens (including phenoxy) is 1. The van der Waals surface area contributed by atoms with Crippen LogP contribution in [-0.4, -0.2) is 43.1 Å². The zero-order chi connectivity index (χ0) is 17.4. The minimum atomic E-state index is -0.258. The molecule has 0 N–H and O–H groups in total. The topological polar surface area (TPSA) is 87.2 Å². The van der Waals surface area contributed by atoms with Gasteiger partial charge < -0.3 is 4.74 Å². The van der Waals surface area contributed by atoms with Gasteiger partial charge in [-0.15, -0.1) is 10.2 Å². The number of benzene rings is 1. The number of aromatic nitrogens is 6. The first-order valence-corrected chi connectivity index (χ1v) is 7.86. The lowest BCUT2D eigenvalue weighted by atomic mass is 10.1. The van der Waals surface area contributed by atoms with Crippen molar-refractivity contribution >= 4 is 16.8 Å². The second-order valence-electron chi connectivity index (χ2n) is 5.67. The van der Waals surface area contributed by atoms with Gasteiger partial charge in [-0.1, -0.05) is 30.3 Å². The van der Waals surface area contributed by atoms with E-state index in [2.05, 4.69) is 20.3 Å². The average Bonchev–Trinajstić information content (AvgIpc) is 2.98. The predicted octanol–water partition coefficient (Wildman–Crippen LogP) is 1.46. The lowest BCUT2D eigenvalue weighted by molar-refractivity contribution is 0.186. The fraction of sp³-hybridized carbons (Fsp3) is 0.235. The van der Waals surface area contributed by atoms with Crippen LogP contribution in [0.25, 0.3) is 27.9 Å². The van der Waals surface area contributed by atoms with Crippen LogP contribution in [0.15, 0.2) is 41.5 Å². The second kappa shape index (κ2) is 6.06. The van der Waals surface area contributed by atoms with Gasteiger partial charge in [-0.25, -0.2) is 4.98 Å². The quantitative estimate of drug-likeness (QED) is 0.561. The molecule has 0 spiro atoms. The predicted molar refractivity (Wildman–Crippen MR) is 92.4 cm³/mol. The van der Waals surface area contributed by atoms with Gasteiger partial charge in [0, 0.05) is 7.11 Å². The molecule has 3 heterocycles. The molecule has 0 bridgehead atoms. The SMILES string of the molecule is COCCn1cnc2c(nnc3c(-c4ccccc4)c(C)nn32)c1=O. The summed E-state index contributed by atoms with van der Waals surface area (Å²) in [5.41, 5.74) is 3.60. The molecule has 8 heteroatoms. The third-order valence-electron chi connectivity index (χ3n) is 4.07. The van der Waals surface area contributed by atoms with E-state index in [-0.39, 0.29) is 11.1 Å². The Labute approximate surface area is 142 Å². The van der Waals surface area contributed by atoms with Gasteiger partial charge in [-0.3, -0.25) is 9.36 Å². The van der Waals surface area contributed by atoms with Crippen LogP contribution in [0.5, 0.6) is 0 Å². The Hall–Kier alpha value is -3.13. The smallest absolute Gasteiger partial charge is 0.283 e. The van der Waals surface area contributed by atoms with E-state index in [0.29, 0.717) is 24.4 Å². The van der Waals surface area contributed by atoms with Gasteiger partial charge in [0.25, 0.3) is 5.56 Å². The van der Waals surface area contributed by atoms with Gasteiger partial charge in [0.15, 0.2) is 16.8 Å². The number of hydrogen-bond donors (Lipinski definition) is 0. The third-order valence-corrected chi connectivity index (χ3v) is 4.07. The molecule has 0 aliphatic rings. The van der Waals surface area contributed by atoms with Crippen LogP contribution < -0.4 is 5.56 Å². The number of hydrogen-bond acceptors (Lipinski definition) is 6. The highest BCUT2D eigenvalue weighted by atomic mass is 16.5. The zero-order valence-corrected chi connectivity index (χ0v) is 13.9. The number of nitrogens with zero attached hydrogens (tertiary/aromatic N) is 6. The lowest BCUT2D eigenvalue weighted by Crippen LogP contribution is -2.24. The molecule has 126 valence electrons. The van der Waals surface area contributed by atoms with Crippen molar-refractivity contribution < 1.29 is 4.74 Å². The van der Waals surface area contributed by atoms with Crippen molar-refractivity contribution in [2.75, 3.05) is 13.7 Å². The molecule has 0 unspecified atom stereocenters. The summed E-state index contributed by atoms with van der Waals surface area (Å²) in [6.45, 7) is 2.73. The molecule has 0 amide bonds. The minimum Gasteiger partial charge on any atom is -0.383 e. The van der Waals surface area contributed by atoms with E-state index >= 15 is 0 Å². The van der Waals surface area contributed by atoms with Crippen molar-refractivity contribution in [1.82, 2.24) is 29.4 Å². The fourth-order valence-corrected chi connectivity index (χ4v) is 2.86. The van der Waals surface area contributed by atoms with Crippen LogP contribution >= 0.6 is 0 Å².